The van der Waals surface area contributed by atoms with Gasteiger partial charge in [0.15, 0.2) is 20.6 Å². The topological polar surface area (TPSA) is 90.0 Å². The molecule has 0 spiro atoms. The van der Waals surface area contributed by atoms with Crippen LogP contribution in [-0.2, 0) is 9.84 Å². The van der Waals surface area contributed by atoms with Crippen molar-refractivity contribution in [3.63, 3.8) is 0 Å². The molecule has 6 nitrogen and oxygen atoms in total. The third kappa shape index (κ3) is 3.36. The largest absolute Gasteiger partial charge is 0.382 e. The van der Waals surface area contributed by atoms with Gasteiger partial charge in [-0.15, -0.1) is 5.10 Å². The maximum absolute atomic E-state index is 12.0. The smallest absolute Gasteiger partial charge is 0.182 e. The molecule has 0 saturated heterocycles. The number of nitrogens with zero attached hydrogens (tertiary/aromatic N) is 2. The molecule has 2 rings (SSSR count). The van der Waals surface area contributed by atoms with Crippen molar-refractivity contribution in [1.82, 2.24) is 9.78 Å². The van der Waals surface area contributed by atoms with Gasteiger partial charge in [-0.25, -0.2) is 13.1 Å². The van der Waals surface area contributed by atoms with Crippen molar-refractivity contribution in [3.8, 4) is 5.69 Å². The highest BCUT2D eigenvalue weighted by Gasteiger charge is 2.24. The lowest BCUT2D eigenvalue weighted by Crippen LogP contribution is -2.07. The summed E-state index contributed by atoms with van der Waals surface area (Å²) in [5.74, 6) is 0.440. The van der Waals surface area contributed by atoms with Crippen LogP contribution in [0.3, 0.4) is 0 Å². The highest BCUT2D eigenvalue weighted by Crippen LogP contribution is 2.29. The molecule has 0 atom stereocenters. The van der Waals surface area contributed by atoms with Gasteiger partial charge in [-0.1, -0.05) is 31.5 Å². The normalized spacial score (nSPS) is 11.5. The van der Waals surface area contributed by atoms with Gasteiger partial charge in [0.05, 0.1) is 5.69 Å². The van der Waals surface area contributed by atoms with Crippen LogP contribution >= 0.6 is 0 Å². The quantitative estimate of drug-likeness (QED) is 0.797. The first kappa shape index (κ1) is 15.4. The van der Waals surface area contributed by atoms with Gasteiger partial charge in [-0.05, 0) is 18.6 Å². The number of nitrogen functional groups attached to an aromatic ring is 1. The van der Waals surface area contributed by atoms with E-state index < -0.39 is 9.84 Å². The Kier molecular flexibility index (Phi) is 4.52. The minimum Gasteiger partial charge on any atom is -0.382 e. The number of hydrogen-bond acceptors (Lipinski definition) is 5. The molecule has 0 unspecified atom stereocenters. The molecule has 0 aliphatic heterocycles. The highest BCUT2D eigenvalue weighted by molar-refractivity contribution is 7.91. The van der Waals surface area contributed by atoms with Crippen molar-refractivity contribution in [3.05, 3.63) is 30.3 Å². The van der Waals surface area contributed by atoms with Gasteiger partial charge in [-0.3, -0.25) is 0 Å². The highest BCUT2D eigenvalue weighted by atomic mass is 32.2. The van der Waals surface area contributed by atoms with Crippen LogP contribution < -0.4 is 11.1 Å². The Hall–Kier alpha value is -2.02. The SMILES string of the molecule is CCCCNc1nn(-c2ccccc2)c(N)c1S(C)(=O)=O. The van der Waals surface area contributed by atoms with E-state index in [0.717, 1.165) is 24.8 Å². The van der Waals surface area contributed by atoms with Crippen LogP contribution in [-0.4, -0.2) is 31.0 Å². The van der Waals surface area contributed by atoms with Crippen LogP contribution in [0.4, 0.5) is 11.6 Å². The van der Waals surface area contributed by atoms with E-state index in [1.54, 1.807) is 0 Å². The summed E-state index contributed by atoms with van der Waals surface area (Å²) in [6, 6.07) is 9.22. The molecule has 0 saturated carbocycles. The van der Waals surface area contributed by atoms with Crippen molar-refractivity contribution in [2.45, 2.75) is 24.7 Å². The molecule has 21 heavy (non-hydrogen) atoms. The number of nitrogens with two attached hydrogens (primary N) is 1. The second-order valence-corrected chi connectivity index (χ2v) is 6.82. The number of anilines is 2. The van der Waals surface area contributed by atoms with Gasteiger partial charge < -0.3 is 11.1 Å². The number of hydrogen-bond donors (Lipinski definition) is 2. The maximum atomic E-state index is 12.0. The van der Waals surface area contributed by atoms with E-state index in [4.69, 9.17) is 5.73 Å². The third-order valence-electron chi connectivity index (χ3n) is 3.07. The fraction of sp³-hybridized carbons (Fsp3) is 0.357. The number of para-hydroxylation sites is 1. The van der Waals surface area contributed by atoms with Gasteiger partial charge in [0.2, 0.25) is 0 Å². The van der Waals surface area contributed by atoms with E-state index in [1.807, 2.05) is 30.3 Å². The predicted octanol–water partition coefficient (Wildman–Crippen LogP) is 2.07. The number of unbranched alkanes of at least 4 members (excludes halogenated alkanes) is 1. The average molecular weight is 308 g/mol. The van der Waals surface area contributed by atoms with E-state index in [0.29, 0.717) is 12.4 Å². The zero-order valence-corrected chi connectivity index (χ0v) is 13.0. The van der Waals surface area contributed by atoms with Gasteiger partial charge in [0, 0.05) is 12.8 Å². The molecular formula is C14H20N4O2S. The summed E-state index contributed by atoms with van der Waals surface area (Å²) < 4.78 is 25.4. The zero-order valence-electron chi connectivity index (χ0n) is 12.2. The Balaban J connectivity index is 2.50. The van der Waals surface area contributed by atoms with E-state index in [2.05, 4.69) is 17.3 Å². The molecule has 0 aliphatic rings. The number of rotatable bonds is 6. The van der Waals surface area contributed by atoms with Gasteiger partial charge in [0.1, 0.15) is 5.82 Å². The minimum absolute atomic E-state index is 0.0578. The second-order valence-electron chi connectivity index (χ2n) is 4.86. The Labute approximate surface area is 124 Å². The monoisotopic (exact) mass is 308 g/mol. The summed E-state index contributed by atoms with van der Waals surface area (Å²) in [5, 5.41) is 7.38. The first-order valence-corrected chi connectivity index (χ1v) is 8.72. The lowest BCUT2D eigenvalue weighted by atomic mass is 10.3. The van der Waals surface area contributed by atoms with Crippen molar-refractivity contribution < 1.29 is 8.42 Å². The predicted molar refractivity (Wildman–Crippen MR) is 84.5 cm³/mol. The van der Waals surface area contributed by atoms with Crippen LogP contribution in [0.25, 0.3) is 5.69 Å². The molecule has 1 aromatic carbocycles. The lowest BCUT2D eigenvalue weighted by Gasteiger charge is -2.03. The molecular weight excluding hydrogens is 288 g/mol. The molecule has 0 radical (unpaired) electrons. The number of sulfone groups is 1. The summed E-state index contributed by atoms with van der Waals surface area (Å²) in [5.41, 5.74) is 6.73. The van der Waals surface area contributed by atoms with E-state index >= 15 is 0 Å². The molecule has 2 aromatic rings. The number of aromatic nitrogens is 2. The van der Waals surface area contributed by atoms with Crippen LogP contribution in [0.1, 0.15) is 19.8 Å². The fourth-order valence-electron chi connectivity index (χ4n) is 2.05. The molecule has 1 aromatic heterocycles. The minimum atomic E-state index is -3.46. The second kappa shape index (κ2) is 6.17. The zero-order chi connectivity index (χ0) is 15.5. The first-order valence-electron chi connectivity index (χ1n) is 6.83. The van der Waals surface area contributed by atoms with Crippen LogP contribution in [0.5, 0.6) is 0 Å². The van der Waals surface area contributed by atoms with Crippen LogP contribution in [0.15, 0.2) is 35.2 Å². The first-order chi connectivity index (χ1) is 9.95. The van der Waals surface area contributed by atoms with Gasteiger partial charge in [0.25, 0.3) is 0 Å². The summed E-state index contributed by atoms with van der Waals surface area (Å²) in [4.78, 5) is 0.0578. The summed E-state index contributed by atoms with van der Waals surface area (Å²) in [6.07, 6.45) is 3.08. The molecule has 1 heterocycles. The van der Waals surface area contributed by atoms with E-state index in [9.17, 15) is 8.42 Å². The summed E-state index contributed by atoms with van der Waals surface area (Å²) >= 11 is 0. The van der Waals surface area contributed by atoms with Gasteiger partial charge >= 0.3 is 0 Å². The Morgan fingerprint density at radius 3 is 2.52 bits per heavy atom. The van der Waals surface area contributed by atoms with Crippen molar-refractivity contribution >= 4 is 21.5 Å². The Morgan fingerprint density at radius 1 is 1.29 bits per heavy atom. The molecule has 3 N–H and O–H groups in total. The molecule has 114 valence electrons. The Morgan fingerprint density at radius 2 is 1.95 bits per heavy atom. The van der Waals surface area contributed by atoms with Crippen molar-refractivity contribution in [1.29, 1.82) is 0 Å². The molecule has 0 amide bonds. The van der Waals surface area contributed by atoms with Crippen LogP contribution in [0, 0.1) is 0 Å². The lowest BCUT2D eigenvalue weighted by molar-refractivity contribution is 0.602. The average Bonchev–Trinajstić information content (AvgIpc) is 2.77. The standard InChI is InChI=1S/C14H20N4O2S/c1-3-4-10-16-14-12(21(2,19)20)13(15)18(17-14)11-8-6-5-7-9-11/h5-9H,3-4,10,15H2,1-2H3,(H,16,17). The molecule has 0 fully saturated rings. The van der Waals surface area contributed by atoms with E-state index in [-0.39, 0.29) is 10.7 Å². The fourth-order valence-corrected chi connectivity index (χ4v) is 2.98. The summed E-state index contributed by atoms with van der Waals surface area (Å²) in [6.45, 7) is 2.72. The molecule has 7 heteroatoms. The van der Waals surface area contributed by atoms with Crippen molar-refractivity contribution in [2.75, 3.05) is 23.9 Å². The third-order valence-corrected chi connectivity index (χ3v) is 4.21. The number of nitrogens with one attached hydrogen (secondary N) is 1. The summed E-state index contributed by atoms with van der Waals surface area (Å²) in [7, 11) is -3.46. The number of benzene rings is 1. The van der Waals surface area contributed by atoms with Gasteiger partial charge in [-0.2, -0.15) is 0 Å². The maximum Gasteiger partial charge on any atom is 0.182 e. The van der Waals surface area contributed by atoms with Crippen molar-refractivity contribution in [2.24, 2.45) is 0 Å². The Bertz CT molecular complexity index is 708. The molecule has 0 aliphatic carbocycles. The van der Waals surface area contributed by atoms with E-state index in [1.165, 1.54) is 4.68 Å². The molecule has 0 bridgehead atoms. The van der Waals surface area contributed by atoms with Crippen LogP contribution in [0.2, 0.25) is 0 Å².